The van der Waals surface area contributed by atoms with E-state index in [-0.39, 0.29) is 25.8 Å². The molecule has 0 spiro atoms. The molecule has 0 bridgehead atoms. The first kappa shape index (κ1) is 33.0. The van der Waals surface area contributed by atoms with Crippen LogP contribution in [-0.2, 0) is 42.7 Å². The molecule has 39 heavy (non-hydrogen) atoms. The summed E-state index contributed by atoms with van der Waals surface area (Å²) in [7, 11) is -1.15. The molecule has 0 aliphatic carbocycles. The predicted octanol–water partition coefficient (Wildman–Crippen LogP) is 7.90. The number of carbonyl (C=O) groups is 2. The first-order valence-electron chi connectivity index (χ1n) is 14.0. The zero-order chi connectivity index (χ0) is 29.3. The summed E-state index contributed by atoms with van der Waals surface area (Å²) < 4.78 is 17.5. The summed E-state index contributed by atoms with van der Waals surface area (Å²) in [5.74, 6) is -0.761. The van der Waals surface area contributed by atoms with Crippen molar-refractivity contribution in [2.24, 2.45) is 10.8 Å². The van der Waals surface area contributed by atoms with Crippen LogP contribution in [0.2, 0.25) is 0 Å². The number of benzene rings is 2. The quantitative estimate of drug-likeness (QED) is 0.165. The van der Waals surface area contributed by atoms with E-state index in [1.807, 2.05) is 53.7 Å². The van der Waals surface area contributed by atoms with Gasteiger partial charge in [0.1, 0.15) is 18.6 Å². The number of hydrogen-bond acceptors (Lipinski definition) is 5. The Labute approximate surface area is 237 Å². The van der Waals surface area contributed by atoms with Crippen molar-refractivity contribution in [3.63, 3.8) is 0 Å². The third kappa shape index (κ3) is 10.7. The van der Waals surface area contributed by atoms with Crippen LogP contribution in [0.3, 0.4) is 0 Å². The molecule has 2 rings (SSSR count). The van der Waals surface area contributed by atoms with Crippen LogP contribution in [0.5, 0.6) is 0 Å². The average Bonchev–Trinajstić information content (AvgIpc) is 2.90. The smallest absolute Gasteiger partial charge is 0.317 e. The van der Waals surface area contributed by atoms with Gasteiger partial charge in [-0.05, 0) is 64.2 Å². The largest absolute Gasteiger partial charge is 0.464 e. The molecule has 0 N–H and O–H groups in total. The molecule has 0 saturated heterocycles. The van der Waals surface area contributed by atoms with Crippen molar-refractivity contribution in [2.45, 2.75) is 85.8 Å². The molecule has 2 aromatic rings. The van der Waals surface area contributed by atoms with Crippen molar-refractivity contribution >= 4 is 19.2 Å². The van der Waals surface area contributed by atoms with E-state index in [1.54, 1.807) is 6.92 Å². The van der Waals surface area contributed by atoms with Crippen LogP contribution in [0, 0.1) is 10.8 Å². The summed E-state index contributed by atoms with van der Waals surface area (Å²) in [6.07, 6.45) is 3.61. The normalized spacial score (nSPS) is 14.0. The van der Waals surface area contributed by atoms with Crippen molar-refractivity contribution in [3.8, 4) is 0 Å². The fourth-order valence-electron chi connectivity index (χ4n) is 3.87. The van der Waals surface area contributed by atoms with E-state index in [0.29, 0.717) is 6.42 Å². The lowest BCUT2D eigenvalue weighted by molar-refractivity contribution is -0.176. The average molecular weight is 558 g/mol. The van der Waals surface area contributed by atoms with E-state index < -0.39 is 29.7 Å². The van der Waals surface area contributed by atoms with Gasteiger partial charge in [-0.3, -0.25) is 9.59 Å². The number of ether oxygens (including phenoxy) is 3. The molecule has 0 aliphatic heterocycles. The molecule has 0 heterocycles. The molecule has 6 heteroatoms. The van der Waals surface area contributed by atoms with Crippen molar-refractivity contribution < 1.29 is 23.8 Å². The van der Waals surface area contributed by atoms with Crippen LogP contribution in [0.1, 0.15) is 78.0 Å². The summed E-state index contributed by atoms with van der Waals surface area (Å²) in [6.45, 7) is 18.3. The maximum Gasteiger partial charge on any atom is 0.317 e. The molecule has 1 unspecified atom stereocenters. The first-order valence-corrected chi connectivity index (χ1v) is 17.1. The highest BCUT2D eigenvalue weighted by Gasteiger charge is 2.40. The molecule has 0 saturated carbocycles. The maximum absolute atomic E-state index is 13.3. The molecule has 1 atom stereocenters. The minimum absolute atomic E-state index is 0.0902. The summed E-state index contributed by atoms with van der Waals surface area (Å²) >= 11 is 0. The summed E-state index contributed by atoms with van der Waals surface area (Å²) in [4.78, 5) is 25.9. The van der Waals surface area contributed by atoms with Gasteiger partial charge in [0, 0.05) is 20.6 Å². The van der Waals surface area contributed by atoms with Gasteiger partial charge in [0.15, 0.2) is 0 Å². The Morgan fingerprint density at radius 3 is 1.77 bits per heavy atom. The molecule has 5 nitrogen and oxygen atoms in total. The van der Waals surface area contributed by atoms with Crippen LogP contribution >= 0.6 is 7.26 Å². The lowest BCUT2D eigenvalue weighted by Gasteiger charge is -2.33. The van der Waals surface area contributed by atoms with E-state index in [0.717, 1.165) is 24.3 Å². The standard InChI is InChI=1S/C33H50O5P/c1-10-31(3,4)29(34)37-24-33(7,25-38-32(5,6)11-2)30(35)36-21-26-17-19-28(20-18-26)23-39(8,9)22-27-15-13-12-14-16-27/h12-20H,10-11,21-25H2,1-9H3/q+1. The second-order valence-corrected chi connectivity index (χ2v) is 17.4. The van der Waals surface area contributed by atoms with Gasteiger partial charge in [-0.1, -0.05) is 68.4 Å². The zero-order valence-corrected chi connectivity index (χ0v) is 26.5. The number of hydrogen-bond donors (Lipinski definition) is 0. The van der Waals surface area contributed by atoms with Gasteiger partial charge < -0.3 is 14.2 Å². The lowest BCUT2D eigenvalue weighted by Crippen LogP contribution is -2.43. The highest BCUT2D eigenvalue weighted by molar-refractivity contribution is 7.72. The van der Waals surface area contributed by atoms with Crippen molar-refractivity contribution in [1.29, 1.82) is 0 Å². The SMILES string of the molecule is CCC(C)(C)OCC(C)(COC(=O)C(C)(C)CC)C(=O)OCc1ccc(C[P+](C)(C)Cc2ccccc2)cc1. The van der Waals surface area contributed by atoms with E-state index >= 15 is 0 Å². The second kappa shape index (κ2) is 13.9. The van der Waals surface area contributed by atoms with Crippen LogP contribution in [0.25, 0.3) is 0 Å². The minimum Gasteiger partial charge on any atom is -0.464 e. The van der Waals surface area contributed by atoms with Gasteiger partial charge in [0.2, 0.25) is 0 Å². The van der Waals surface area contributed by atoms with Crippen LogP contribution < -0.4 is 0 Å². The van der Waals surface area contributed by atoms with Crippen LogP contribution in [-0.4, -0.2) is 44.1 Å². The van der Waals surface area contributed by atoms with Crippen molar-refractivity contribution in [1.82, 2.24) is 0 Å². The third-order valence-electron chi connectivity index (χ3n) is 7.54. The van der Waals surface area contributed by atoms with E-state index in [9.17, 15) is 9.59 Å². The van der Waals surface area contributed by atoms with E-state index in [2.05, 4.69) is 55.8 Å². The molecule has 0 aromatic heterocycles. The molecule has 0 amide bonds. The Bertz CT molecular complexity index is 1060. The lowest BCUT2D eigenvalue weighted by atomic mass is 9.89. The monoisotopic (exact) mass is 557 g/mol. The fraction of sp³-hybridized carbons (Fsp3) is 0.576. The molecule has 0 radical (unpaired) electrons. The van der Waals surface area contributed by atoms with Gasteiger partial charge >= 0.3 is 11.9 Å². The Morgan fingerprint density at radius 2 is 1.23 bits per heavy atom. The van der Waals surface area contributed by atoms with Gasteiger partial charge in [-0.15, -0.1) is 0 Å². The molecule has 216 valence electrons. The van der Waals surface area contributed by atoms with Gasteiger partial charge in [-0.2, -0.15) is 0 Å². The van der Waals surface area contributed by atoms with Crippen LogP contribution in [0.4, 0.5) is 0 Å². The van der Waals surface area contributed by atoms with Gasteiger partial charge in [0.05, 0.1) is 29.9 Å². The molecule has 0 aliphatic rings. The highest BCUT2D eigenvalue weighted by atomic mass is 31.2. The van der Waals surface area contributed by atoms with Gasteiger partial charge in [-0.25, -0.2) is 0 Å². The van der Waals surface area contributed by atoms with Crippen LogP contribution in [0.15, 0.2) is 54.6 Å². The fourth-order valence-corrected chi connectivity index (χ4v) is 6.38. The first-order chi connectivity index (χ1) is 18.1. The topological polar surface area (TPSA) is 61.8 Å². The third-order valence-corrected chi connectivity index (χ3v) is 9.98. The number of esters is 2. The predicted molar refractivity (Wildman–Crippen MR) is 162 cm³/mol. The summed E-state index contributed by atoms with van der Waals surface area (Å²) in [5.41, 5.74) is 1.47. The van der Waals surface area contributed by atoms with Crippen molar-refractivity contribution in [2.75, 3.05) is 26.5 Å². The van der Waals surface area contributed by atoms with E-state index in [1.165, 1.54) is 11.1 Å². The molecular weight excluding hydrogens is 507 g/mol. The Hall–Kier alpha value is -2.23. The number of carbonyl (C=O) groups excluding carboxylic acids is 2. The van der Waals surface area contributed by atoms with Gasteiger partial charge in [0.25, 0.3) is 0 Å². The zero-order valence-electron chi connectivity index (χ0n) is 25.6. The summed E-state index contributed by atoms with van der Waals surface area (Å²) in [5, 5.41) is 0. The maximum atomic E-state index is 13.3. The number of rotatable bonds is 15. The Morgan fingerprint density at radius 1 is 0.692 bits per heavy atom. The minimum atomic E-state index is -1.15. The second-order valence-electron chi connectivity index (χ2n) is 12.9. The molecule has 0 fully saturated rings. The van der Waals surface area contributed by atoms with E-state index in [4.69, 9.17) is 14.2 Å². The molecule has 2 aromatic carbocycles. The highest BCUT2D eigenvalue weighted by Crippen LogP contribution is 2.57. The Kier molecular flexibility index (Phi) is 11.8. The summed E-state index contributed by atoms with van der Waals surface area (Å²) in [6, 6.07) is 19.0. The molecular formula is C33H50O5P+. The Balaban J connectivity index is 2.03. The van der Waals surface area contributed by atoms with Crippen molar-refractivity contribution in [3.05, 3.63) is 71.3 Å².